The Morgan fingerprint density at radius 2 is 1.73 bits per heavy atom. The van der Waals surface area contributed by atoms with E-state index in [0.29, 0.717) is 16.1 Å². The average molecular weight is 442 g/mol. The summed E-state index contributed by atoms with van der Waals surface area (Å²) in [5.41, 5.74) is 2.03. The highest BCUT2D eigenvalue weighted by atomic mass is 35.5. The van der Waals surface area contributed by atoms with Crippen molar-refractivity contribution in [2.45, 2.75) is 24.7 Å². The lowest BCUT2D eigenvalue weighted by molar-refractivity contribution is -0.123. The van der Waals surface area contributed by atoms with Crippen LogP contribution in [0.5, 0.6) is 0 Å². The number of hydrogen-bond donors (Lipinski definition) is 3. The van der Waals surface area contributed by atoms with Crippen LogP contribution in [0, 0.1) is 0 Å². The van der Waals surface area contributed by atoms with E-state index in [1.54, 1.807) is 48.5 Å². The van der Waals surface area contributed by atoms with Crippen molar-refractivity contribution in [2.24, 2.45) is 0 Å². The molecule has 3 N–H and O–H groups in total. The van der Waals surface area contributed by atoms with Crippen LogP contribution in [0.3, 0.4) is 0 Å². The number of thiophene rings is 1. The molecule has 1 amide bonds. The molecular formula is C22H21BClNO4S. The number of carbonyl (C=O) groups is 2. The first-order chi connectivity index (χ1) is 14.4. The summed E-state index contributed by atoms with van der Waals surface area (Å²) in [7, 11) is -1.73. The highest BCUT2D eigenvalue weighted by Gasteiger charge is 2.31. The van der Waals surface area contributed by atoms with Gasteiger partial charge in [0.25, 0.3) is 0 Å². The molecule has 0 aliphatic heterocycles. The monoisotopic (exact) mass is 441 g/mol. The molecule has 0 bridgehead atoms. The molecule has 154 valence electrons. The molecule has 30 heavy (non-hydrogen) atoms. The zero-order chi connectivity index (χ0) is 21.5. The van der Waals surface area contributed by atoms with E-state index in [-0.39, 0.29) is 18.6 Å². The van der Waals surface area contributed by atoms with Crippen molar-refractivity contribution < 1.29 is 19.6 Å². The fourth-order valence-corrected chi connectivity index (χ4v) is 3.97. The van der Waals surface area contributed by atoms with Crippen LogP contribution in [-0.4, -0.2) is 34.8 Å². The third-order valence-corrected chi connectivity index (χ3v) is 5.78. The van der Waals surface area contributed by atoms with Gasteiger partial charge in [0.05, 0.1) is 11.9 Å². The predicted octanol–water partition coefficient (Wildman–Crippen LogP) is 3.50. The summed E-state index contributed by atoms with van der Waals surface area (Å²) >= 11 is 7.46. The van der Waals surface area contributed by atoms with Gasteiger partial charge in [0.1, 0.15) is 0 Å². The minimum atomic E-state index is -1.73. The molecule has 1 aromatic heterocycles. The second-order valence-corrected chi connectivity index (χ2v) is 8.18. The van der Waals surface area contributed by atoms with E-state index < -0.39 is 24.9 Å². The van der Waals surface area contributed by atoms with Crippen molar-refractivity contribution in [1.82, 2.24) is 5.32 Å². The summed E-state index contributed by atoms with van der Waals surface area (Å²) in [6.07, 6.45) is 0.219. The van der Waals surface area contributed by atoms with Crippen molar-refractivity contribution >= 4 is 41.7 Å². The van der Waals surface area contributed by atoms with Crippen LogP contribution < -0.4 is 5.32 Å². The maximum atomic E-state index is 13.1. The fraction of sp³-hybridized carbons (Fsp3) is 0.182. The third kappa shape index (κ3) is 6.03. The largest absolute Gasteiger partial charge is 0.475 e. The Hall–Kier alpha value is -2.45. The molecule has 0 aliphatic rings. The lowest BCUT2D eigenvalue weighted by Gasteiger charge is -2.22. The molecule has 8 heteroatoms. The predicted molar refractivity (Wildman–Crippen MR) is 120 cm³/mol. The molecule has 3 aromatic rings. The van der Waals surface area contributed by atoms with Crippen molar-refractivity contribution in [1.29, 1.82) is 0 Å². The number of amides is 1. The van der Waals surface area contributed by atoms with Gasteiger partial charge in [0.2, 0.25) is 5.91 Å². The average Bonchev–Trinajstić information content (AvgIpc) is 3.26. The Balaban J connectivity index is 1.81. The molecule has 0 aliphatic carbocycles. The van der Waals surface area contributed by atoms with Crippen LogP contribution in [0.15, 0.2) is 71.4 Å². The minimum Gasteiger partial charge on any atom is -0.426 e. The molecular weight excluding hydrogens is 421 g/mol. The van der Waals surface area contributed by atoms with Gasteiger partial charge in [-0.15, -0.1) is 0 Å². The van der Waals surface area contributed by atoms with Crippen molar-refractivity contribution in [3.8, 4) is 0 Å². The lowest BCUT2D eigenvalue weighted by atomic mass is 9.75. The summed E-state index contributed by atoms with van der Waals surface area (Å²) in [5.74, 6) is -2.31. The van der Waals surface area contributed by atoms with Gasteiger partial charge >= 0.3 is 7.12 Å². The summed E-state index contributed by atoms with van der Waals surface area (Å²) in [6.45, 7) is 0. The first kappa shape index (κ1) is 22.2. The number of rotatable bonds is 9. The van der Waals surface area contributed by atoms with Gasteiger partial charge in [-0.1, -0.05) is 54.1 Å². The van der Waals surface area contributed by atoms with E-state index >= 15 is 0 Å². The molecule has 0 radical (unpaired) electrons. The molecule has 2 atom stereocenters. The zero-order valence-corrected chi connectivity index (χ0v) is 17.6. The number of nitrogens with one attached hydrogen (secondary N) is 1. The molecule has 2 aromatic carbocycles. The summed E-state index contributed by atoms with van der Waals surface area (Å²) in [4.78, 5) is 25.9. The smallest absolute Gasteiger partial charge is 0.426 e. The van der Waals surface area contributed by atoms with Crippen LogP contribution in [0.25, 0.3) is 0 Å². The summed E-state index contributed by atoms with van der Waals surface area (Å²) in [5, 5.41) is 26.5. The van der Waals surface area contributed by atoms with Gasteiger partial charge in [-0.3, -0.25) is 9.59 Å². The summed E-state index contributed by atoms with van der Waals surface area (Å²) < 4.78 is 0. The quantitative estimate of drug-likeness (QED) is 0.350. The van der Waals surface area contributed by atoms with E-state index in [2.05, 4.69) is 5.32 Å². The molecule has 0 saturated carbocycles. The Kier molecular flexibility index (Phi) is 7.82. The molecule has 0 spiro atoms. The highest BCUT2D eigenvalue weighted by molar-refractivity contribution is 7.07. The van der Waals surface area contributed by atoms with Crippen molar-refractivity contribution in [3.05, 3.63) is 93.1 Å². The molecule has 5 nitrogen and oxygen atoms in total. The second kappa shape index (κ2) is 10.5. The highest BCUT2D eigenvalue weighted by Crippen LogP contribution is 2.24. The normalized spacial score (nSPS) is 12.8. The first-order valence-corrected chi connectivity index (χ1v) is 10.8. The van der Waals surface area contributed by atoms with E-state index in [1.165, 1.54) is 11.3 Å². The summed E-state index contributed by atoms with van der Waals surface area (Å²) in [6, 6.07) is 17.4. The van der Waals surface area contributed by atoms with E-state index in [1.807, 2.05) is 22.9 Å². The van der Waals surface area contributed by atoms with Crippen LogP contribution in [0.1, 0.15) is 33.8 Å². The van der Waals surface area contributed by atoms with Gasteiger partial charge in [-0.2, -0.15) is 11.3 Å². The molecule has 0 saturated heterocycles. The van der Waals surface area contributed by atoms with Crippen molar-refractivity contribution in [2.75, 3.05) is 0 Å². The van der Waals surface area contributed by atoms with E-state index in [9.17, 15) is 19.6 Å². The zero-order valence-electron chi connectivity index (χ0n) is 16.1. The molecule has 0 unspecified atom stereocenters. The first-order valence-electron chi connectivity index (χ1n) is 9.45. The molecule has 0 fully saturated rings. The van der Waals surface area contributed by atoms with Gasteiger partial charge in [-0.05, 0) is 46.5 Å². The topological polar surface area (TPSA) is 86.6 Å². The maximum Gasteiger partial charge on any atom is 0.475 e. The SMILES string of the molecule is O=C(C[C@@H](C(=O)N[C@@H](Cc1ccsc1)B(O)O)c1ccc(Cl)cc1)c1ccccc1. The Bertz CT molecular complexity index is 965. The number of carbonyl (C=O) groups excluding carboxylic acids is 2. The standard InChI is InChI=1S/C22H21BClNO4S/c24-18-8-6-16(7-9-18)19(13-20(26)17-4-2-1-3-5-17)22(27)25-21(23(28)29)12-15-10-11-30-14-15/h1-11,14,19,21,28-29H,12-13H2,(H,25,27)/t19-,21+/m1/s1. The van der Waals surface area contributed by atoms with Gasteiger partial charge in [-0.25, -0.2) is 0 Å². The fourth-order valence-electron chi connectivity index (χ4n) is 3.16. The Labute approximate surface area is 184 Å². The van der Waals surface area contributed by atoms with Gasteiger partial charge in [0, 0.05) is 17.0 Å². The Morgan fingerprint density at radius 1 is 1.03 bits per heavy atom. The van der Waals surface area contributed by atoms with Crippen LogP contribution in [0.4, 0.5) is 0 Å². The lowest BCUT2D eigenvalue weighted by Crippen LogP contribution is -2.49. The number of benzene rings is 2. The number of hydrogen-bond acceptors (Lipinski definition) is 5. The number of halogens is 1. The van der Waals surface area contributed by atoms with E-state index in [0.717, 1.165) is 5.56 Å². The Morgan fingerprint density at radius 3 is 2.33 bits per heavy atom. The van der Waals surface area contributed by atoms with Gasteiger partial charge in [0.15, 0.2) is 5.78 Å². The maximum absolute atomic E-state index is 13.1. The van der Waals surface area contributed by atoms with Crippen LogP contribution >= 0.6 is 22.9 Å². The van der Waals surface area contributed by atoms with E-state index in [4.69, 9.17) is 11.6 Å². The molecule has 1 heterocycles. The van der Waals surface area contributed by atoms with Crippen LogP contribution in [-0.2, 0) is 11.2 Å². The third-order valence-electron chi connectivity index (χ3n) is 4.80. The second-order valence-electron chi connectivity index (χ2n) is 6.96. The van der Waals surface area contributed by atoms with Crippen molar-refractivity contribution in [3.63, 3.8) is 0 Å². The molecule has 3 rings (SSSR count). The number of ketones is 1. The van der Waals surface area contributed by atoms with Gasteiger partial charge < -0.3 is 15.4 Å². The minimum absolute atomic E-state index is 0.0514. The number of Topliss-reactive ketones (excluding diaryl/α,β-unsaturated/α-hetero) is 1. The van der Waals surface area contributed by atoms with Crippen LogP contribution in [0.2, 0.25) is 5.02 Å².